The van der Waals surface area contributed by atoms with E-state index in [0.29, 0.717) is 19.4 Å². The largest absolute Gasteiger partial charge is 0.351 e. The predicted octanol–water partition coefficient (Wildman–Crippen LogP) is 3.34. The van der Waals surface area contributed by atoms with Gasteiger partial charge in [0.05, 0.1) is 0 Å². The molecule has 0 bridgehead atoms. The van der Waals surface area contributed by atoms with E-state index in [-0.39, 0.29) is 11.8 Å². The lowest BCUT2D eigenvalue weighted by atomic mass is 10.0. The molecule has 0 heterocycles. The van der Waals surface area contributed by atoms with Gasteiger partial charge >= 0.3 is 0 Å². The Morgan fingerprint density at radius 1 is 1.00 bits per heavy atom. The zero-order valence-corrected chi connectivity index (χ0v) is 14.1. The molecule has 0 saturated heterocycles. The molecular formula is C20H22N2O2. The number of rotatable bonds is 5. The second-order valence-electron chi connectivity index (χ2n) is 6.52. The van der Waals surface area contributed by atoms with Crippen LogP contribution in [0.15, 0.2) is 48.5 Å². The number of carbonyl (C=O) groups excluding carboxylic acids is 2. The Balaban J connectivity index is 1.64. The van der Waals surface area contributed by atoms with Gasteiger partial charge in [0.25, 0.3) is 0 Å². The number of aryl methyl sites for hydroxylation is 2. The molecule has 0 spiro atoms. The van der Waals surface area contributed by atoms with E-state index in [9.17, 15) is 9.59 Å². The maximum atomic E-state index is 12.6. The molecule has 0 atom stereocenters. The van der Waals surface area contributed by atoms with Crippen molar-refractivity contribution in [3.05, 3.63) is 65.2 Å². The van der Waals surface area contributed by atoms with Crippen LogP contribution in [-0.2, 0) is 16.1 Å². The molecule has 2 N–H and O–H groups in total. The lowest BCUT2D eigenvalue weighted by molar-refractivity contribution is -0.134. The molecule has 1 fully saturated rings. The first-order valence-corrected chi connectivity index (χ1v) is 8.22. The van der Waals surface area contributed by atoms with Crippen LogP contribution in [0.1, 0.15) is 29.5 Å². The smallest absolute Gasteiger partial charge is 0.240 e. The monoisotopic (exact) mass is 322 g/mol. The number of hydrogen-bond acceptors (Lipinski definition) is 2. The highest BCUT2D eigenvalue weighted by Gasteiger charge is 2.56. The number of benzene rings is 2. The van der Waals surface area contributed by atoms with Gasteiger partial charge in [0, 0.05) is 12.2 Å². The highest BCUT2D eigenvalue weighted by molar-refractivity contribution is 6.13. The van der Waals surface area contributed by atoms with E-state index in [0.717, 1.165) is 22.4 Å². The van der Waals surface area contributed by atoms with Crippen LogP contribution in [0.5, 0.6) is 0 Å². The molecule has 4 heteroatoms. The summed E-state index contributed by atoms with van der Waals surface area (Å²) in [7, 11) is 0. The van der Waals surface area contributed by atoms with Crippen LogP contribution in [0.2, 0.25) is 0 Å². The molecule has 24 heavy (non-hydrogen) atoms. The van der Waals surface area contributed by atoms with Gasteiger partial charge in [-0.1, -0.05) is 48.0 Å². The Morgan fingerprint density at radius 2 is 1.71 bits per heavy atom. The number of carbonyl (C=O) groups is 2. The lowest BCUT2D eigenvalue weighted by Crippen LogP contribution is -2.39. The maximum Gasteiger partial charge on any atom is 0.240 e. The summed E-state index contributed by atoms with van der Waals surface area (Å²) in [4.78, 5) is 25.1. The number of hydrogen-bond donors (Lipinski definition) is 2. The molecule has 0 unspecified atom stereocenters. The van der Waals surface area contributed by atoms with E-state index in [4.69, 9.17) is 0 Å². The minimum atomic E-state index is -0.911. The first-order valence-electron chi connectivity index (χ1n) is 8.22. The van der Waals surface area contributed by atoms with E-state index in [1.54, 1.807) is 0 Å². The van der Waals surface area contributed by atoms with Gasteiger partial charge in [-0.25, -0.2) is 0 Å². The highest BCUT2D eigenvalue weighted by Crippen LogP contribution is 2.47. The Morgan fingerprint density at radius 3 is 2.33 bits per heavy atom. The third kappa shape index (κ3) is 3.32. The summed E-state index contributed by atoms with van der Waals surface area (Å²) in [6.45, 7) is 4.41. The molecule has 0 aromatic heterocycles. The highest BCUT2D eigenvalue weighted by atomic mass is 16.2. The summed E-state index contributed by atoms with van der Waals surface area (Å²) in [6, 6.07) is 15.6. The maximum absolute atomic E-state index is 12.6. The van der Waals surface area contributed by atoms with Crippen LogP contribution in [-0.4, -0.2) is 11.8 Å². The lowest BCUT2D eigenvalue weighted by Gasteiger charge is -2.16. The van der Waals surface area contributed by atoms with Crippen molar-refractivity contribution in [3.63, 3.8) is 0 Å². The van der Waals surface area contributed by atoms with E-state index in [1.807, 2.05) is 62.4 Å². The molecule has 2 aromatic carbocycles. The van der Waals surface area contributed by atoms with Gasteiger partial charge < -0.3 is 10.6 Å². The predicted molar refractivity (Wildman–Crippen MR) is 94.5 cm³/mol. The van der Waals surface area contributed by atoms with E-state index in [1.165, 1.54) is 0 Å². The molecule has 2 aromatic rings. The summed E-state index contributed by atoms with van der Waals surface area (Å²) >= 11 is 0. The van der Waals surface area contributed by atoms with Crippen molar-refractivity contribution in [2.75, 3.05) is 5.32 Å². The van der Waals surface area contributed by atoms with Crippen molar-refractivity contribution in [1.29, 1.82) is 0 Å². The van der Waals surface area contributed by atoms with Crippen LogP contribution in [0.25, 0.3) is 0 Å². The minimum Gasteiger partial charge on any atom is -0.351 e. The second kappa shape index (κ2) is 6.48. The number of nitrogens with one attached hydrogen (secondary N) is 2. The average molecular weight is 322 g/mol. The van der Waals surface area contributed by atoms with Gasteiger partial charge in [-0.05, 0) is 43.9 Å². The normalized spacial score (nSPS) is 14.8. The summed E-state index contributed by atoms with van der Waals surface area (Å²) < 4.78 is 0. The second-order valence-corrected chi connectivity index (χ2v) is 6.52. The summed E-state index contributed by atoms with van der Waals surface area (Å²) in [5, 5.41) is 5.81. The zero-order valence-electron chi connectivity index (χ0n) is 14.1. The van der Waals surface area contributed by atoms with Crippen molar-refractivity contribution in [2.45, 2.75) is 33.2 Å². The summed E-state index contributed by atoms with van der Waals surface area (Å²) in [5.74, 6) is -0.395. The van der Waals surface area contributed by atoms with Gasteiger partial charge in [-0.2, -0.15) is 0 Å². The molecule has 4 nitrogen and oxygen atoms in total. The third-order valence-corrected chi connectivity index (χ3v) is 4.55. The van der Waals surface area contributed by atoms with Crippen molar-refractivity contribution in [2.24, 2.45) is 5.41 Å². The van der Waals surface area contributed by atoms with Gasteiger partial charge in [0.15, 0.2) is 0 Å². The molecule has 1 aliphatic carbocycles. The van der Waals surface area contributed by atoms with Gasteiger partial charge in [-0.3, -0.25) is 9.59 Å². The van der Waals surface area contributed by atoms with E-state index >= 15 is 0 Å². The summed E-state index contributed by atoms with van der Waals surface area (Å²) in [6.07, 6.45) is 1.20. The molecule has 0 radical (unpaired) electrons. The average Bonchev–Trinajstić information content (AvgIpc) is 3.38. The first-order chi connectivity index (χ1) is 11.5. The first kappa shape index (κ1) is 16.2. The fraction of sp³-hybridized carbons (Fsp3) is 0.300. The third-order valence-electron chi connectivity index (χ3n) is 4.55. The topological polar surface area (TPSA) is 58.2 Å². The van der Waals surface area contributed by atoms with Gasteiger partial charge in [0.2, 0.25) is 11.8 Å². The molecule has 1 saturated carbocycles. The molecule has 2 amide bonds. The standard InChI is InChI=1S/C20H22N2O2/c1-14-8-9-17(15(2)12-14)22-19(24)20(10-11-20)18(23)21-13-16-6-4-3-5-7-16/h3-9,12H,10-11,13H2,1-2H3,(H,21,23)(H,22,24). The van der Waals surface area contributed by atoms with Crippen molar-refractivity contribution in [3.8, 4) is 0 Å². The van der Waals surface area contributed by atoms with E-state index in [2.05, 4.69) is 10.6 Å². The van der Waals surface area contributed by atoms with Crippen molar-refractivity contribution in [1.82, 2.24) is 5.32 Å². The van der Waals surface area contributed by atoms with Crippen molar-refractivity contribution >= 4 is 17.5 Å². The Hall–Kier alpha value is -2.62. The minimum absolute atomic E-state index is 0.186. The quantitative estimate of drug-likeness (QED) is 0.830. The SMILES string of the molecule is Cc1ccc(NC(=O)C2(C(=O)NCc3ccccc3)CC2)c(C)c1. The van der Waals surface area contributed by atoms with Crippen LogP contribution in [0, 0.1) is 19.3 Å². The molecule has 3 rings (SSSR count). The Kier molecular flexibility index (Phi) is 4.38. The Bertz CT molecular complexity index is 764. The van der Waals surface area contributed by atoms with Gasteiger partial charge in [0.1, 0.15) is 5.41 Å². The fourth-order valence-corrected chi connectivity index (χ4v) is 2.83. The Labute approximate surface area is 142 Å². The molecular weight excluding hydrogens is 300 g/mol. The van der Waals surface area contributed by atoms with Crippen LogP contribution in [0.4, 0.5) is 5.69 Å². The molecule has 0 aliphatic heterocycles. The molecule has 124 valence electrons. The summed E-state index contributed by atoms with van der Waals surface area (Å²) in [5.41, 5.74) is 3.03. The van der Waals surface area contributed by atoms with E-state index < -0.39 is 5.41 Å². The van der Waals surface area contributed by atoms with Crippen LogP contribution >= 0.6 is 0 Å². The fourth-order valence-electron chi connectivity index (χ4n) is 2.83. The van der Waals surface area contributed by atoms with Crippen LogP contribution in [0.3, 0.4) is 0 Å². The van der Waals surface area contributed by atoms with Gasteiger partial charge in [-0.15, -0.1) is 0 Å². The van der Waals surface area contributed by atoms with Crippen molar-refractivity contribution < 1.29 is 9.59 Å². The number of amides is 2. The van der Waals surface area contributed by atoms with Crippen LogP contribution < -0.4 is 10.6 Å². The molecule has 1 aliphatic rings. The number of anilines is 1. The zero-order chi connectivity index (χ0) is 17.2.